The van der Waals surface area contributed by atoms with Gasteiger partial charge >= 0.3 is 0 Å². The molecule has 1 aromatic rings. The van der Waals surface area contributed by atoms with Crippen molar-refractivity contribution in [3.63, 3.8) is 0 Å². The smallest absolute Gasteiger partial charge is 0.0786 e. The summed E-state index contributed by atoms with van der Waals surface area (Å²) in [7, 11) is 6.26. The third-order valence-electron chi connectivity index (χ3n) is 4.00. The lowest BCUT2D eigenvalue weighted by molar-refractivity contribution is 0.190. The van der Waals surface area contributed by atoms with Crippen molar-refractivity contribution in [2.75, 3.05) is 37.9 Å². The monoisotopic (exact) mass is 281 g/mol. The summed E-state index contributed by atoms with van der Waals surface area (Å²) in [6.45, 7) is 3.44. The second-order valence-corrected chi connectivity index (χ2v) is 6.13. The van der Waals surface area contributed by atoms with Crippen LogP contribution in [0.1, 0.15) is 19.8 Å². The minimum absolute atomic E-state index is 0.531. The molecule has 1 N–H and O–H groups in total. The molecule has 1 aliphatic rings. The van der Waals surface area contributed by atoms with E-state index in [-0.39, 0.29) is 0 Å². The summed E-state index contributed by atoms with van der Waals surface area (Å²) in [5.41, 5.74) is 2.22. The number of likely N-dealkylation sites (tertiary alicyclic amines) is 1. The third kappa shape index (κ3) is 3.34. The van der Waals surface area contributed by atoms with E-state index in [4.69, 9.17) is 11.6 Å². The Kier molecular flexibility index (Phi) is 4.58. The van der Waals surface area contributed by atoms with Gasteiger partial charge in [-0.25, -0.2) is 0 Å². The Labute approximate surface area is 121 Å². The minimum atomic E-state index is 0.531. The molecule has 1 fully saturated rings. The van der Waals surface area contributed by atoms with E-state index in [9.17, 15) is 0 Å². The third-order valence-corrected chi connectivity index (χ3v) is 4.31. The molecule has 0 bridgehead atoms. The molecule has 2 atom stereocenters. The van der Waals surface area contributed by atoms with Gasteiger partial charge in [0.1, 0.15) is 0 Å². The second-order valence-electron chi connectivity index (χ2n) is 5.73. The summed E-state index contributed by atoms with van der Waals surface area (Å²) in [5.74, 6) is 0. The van der Waals surface area contributed by atoms with Crippen molar-refractivity contribution >= 4 is 23.0 Å². The van der Waals surface area contributed by atoms with Crippen LogP contribution in [0.5, 0.6) is 0 Å². The van der Waals surface area contributed by atoms with Crippen LogP contribution >= 0.6 is 11.6 Å². The highest BCUT2D eigenvalue weighted by atomic mass is 35.5. The van der Waals surface area contributed by atoms with Gasteiger partial charge in [0.25, 0.3) is 0 Å². The van der Waals surface area contributed by atoms with Crippen molar-refractivity contribution in [3.05, 3.63) is 23.2 Å². The van der Waals surface area contributed by atoms with E-state index >= 15 is 0 Å². The molecular formula is C15H24ClN3. The van der Waals surface area contributed by atoms with Gasteiger partial charge in [-0.05, 0) is 38.9 Å². The van der Waals surface area contributed by atoms with Crippen LogP contribution in [0.3, 0.4) is 0 Å². The summed E-state index contributed by atoms with van der Waals surface area (Å²) < 4.78 is 0. The number of piperidine rings is 1. The van der Waals surface area contributed by atoms with Crippen LogP contribution < -0.4 is 10.2 Å². The molecule has 0 radical (unpaired) electrons. The molecule has 0 spiro atoms. The number of benzene rings is 1. The van der Waals surface area contributed by atoms with Crippen molar-refractivity contribution in [1.29, 1.82) is 0 Å². The predicted octanol–water partition coefficient (Wildman–Crippen LogP) is 3.30. The first-order valence-corrected chi connectivity index (χ1v) is 7.29. The fourth-order valence-corrected chi connectivity index (χ4v) is 3.07. The summed E-state index contributed by atoms with van der Waals surface area (Å²) in [4.78, 5) is 4.49. The van der Waals surface area contributed by atoms with Crippen molar-refractivity contribution in [2.24, 2.45) is 0 Å². The first-order valence-electron chi connectivity index (χ1n) is 6.91. The predicted molar refractivity (Wildman–Crippen MR) is 84.5 cm³/mol. The Bertz CT molecular complexity index is 433. The molecule has 1 aromatic carbocycles. The largest absolute Gasteiger partial charge is 0.380 e. The molecular weight excluding hydrogens is 258 g/mol. The summed E-state index contributed by atoms with van der Waals surface area (Å²) in [6.07, 6.45) is 2.36. The maximum absolute atomic E-state index is 6.30. The Balaban J connectivity index is 2.13. The molecule has 0 aliphatic carbocycles. The van der Waals surface area contributed by atoms with E-state index in [1.165, 1.54) is 12.8 Å². The fourth-order valence-electron chi connectivity index (χ4n) is 2.73. The van der Waals surface area contributed by atoms with E-state index in [0.29, 0.717) is 12.1 Å². The molecule has 0 saturated carbocycles. The SMILES string of the molecule is CC1CC(Nc2cccc(Cl)c2N(C)C)CCN1C. The Morgan fingerprint density at radius 1 is 1.37 bits per heavy atom. The van der Waals surface area contributed by atoms with Crippen LogP contribution in [0.25, 0.3) is 0 Å². The molecule has 2 unspecified atom stereocenters. The number of para-hydroxylation sites is 1. The standard InChI is InChI=1S/C15H24ClN3/c1-11-10-12(8-9-19(11)4)17-14-7-5-6-13(16)15(14)18(2)3/h5-7,11-12,17H,8-10H2,1-4H3. The number of hydrogen-bond acceptors (Lipinski definition) is 3. The van der Waals surface area contributed by atoms with E-state index < -0.39 is 0 Å². The highest BCUT2D eigenvalue weighted by Gasteiger charge is 2.23. The van der Waals surface area contributed by atoms with Gasteiger partial charge in [-0.3, -0.25) is 0 Å². The van der Waals surface area contributed by atoms with E-state index in [2.05, 4.69) is 35.2 Å². The maximum Gasteiger partial charge on any atom is 0.0786 e. The molecule has 2 rings (SSSR count). The zero-order valence-electron chi connectivity index (χ0n) is 12.3. The zero-order chi connectivity index (χ0) is 14.0. The van der Waals surface area contributed by atoms with Crippen LogP contribution in [0.15, 0.2) is 18.2 Å². The van der Waals surface area contributed by atoms with Crippen molar-refractivity contribution < 1.29 is 0 Å². The van der Waals surface area contributed by atoms with Gasteiger partial charge in [-0.1, -0.05) is 17.7 Å². The van der Waals surface area contributed by atoms with Crippen LogP contribution in [0.4, 0.5) is 11.4 Å². The number of hydrogen-bond donors (Lipinski definition) is 1. The van der Waals surface area contributed by atoms with Crippen LogP contribution in [-0.2, 0) is 0 Å². The molecule has 0 amide bonds. The topological polar surface area (TPSA) is 18.5 Å². The lowest BCUT2D eigenvalue weighted by Gasteiger charge is -2.36. The van der Waals surface area contributed by atoms with Crippen LogP contribution in [-0.4, -0.2) is 44.7 Å². The number of anilines is 2. The normalized spacial score (nSPS) is 24.3. The molecule has 0 aromatic heterocycles. The lowest BCUT2D eigenvalue weighted by Crippen LogP contribution is -2.42. The Morgan fingerprint density at radius 3 is 2.74 bits per heavy atom. The number of halogens is 1. The molecule has 1 aliphatic heterocycles. The molecule has 1 heterocycles. The van der Waals surface area contributed by atoms with Gasteiger partial charge in [-0.2, -0.15) is 0 Å². The van der Waals surface area contributed by atoms with E-state index in [0.717, 1.165) is 22.9 Å². The molecule has 19 heavy (non-hydrogen) atoms. The van der Waals surface area contributed by atoms with Crippen LogP contribution in [0, 0.1) is 0 Å². The summed E-state index contributed by atoms with van der Waals surface area (Å²) >= 11 is 6.30. The van der Waals surface area contributed by atoms with Gasteiger partial charge in [0.2, 0.25) is 0 Å². The molecule has 106 valence electrons. The minimum Gasteiger partial charge on any atom is -0.380 e. The van der Waals surface area contributed by atoms with Gasteiger partial charge < -0.3 is 15.1 Å². The summed E-state index contributed by atoms with van der Waals surface area (Å²) in [6, 6.07) is 7.23. The lowest BCUT2D eigenvalue weighted by atomic mass is 9.98. The summed E-state index contributed by atoms with van der Waals surface area (Å²) in [5, 5.41) is 4.47. The highest BCUT2D eigenvalue weighted by Crippen LogP contribution is 2.34. The van der Waals surface area contributed by atoms with Gasteiger partial charge in [0.15, 0.2) is 0 Å². The molecule has 1 saturated heterocycles. The first kappa shape index (κ1) is 14.5. The zero-order valence-corrected chi connectivity index (χ0v) is 13.0. The van der Waals surface area contributed by atoms with E-state index in [1.807, 2.05) is 26.2 Å². The van der Waals surface area contributed by atoms with Gasteiger partial charge in [0.05, 0.1) is 16.4 Å². The van der Waals surface area contributed by atoms with Crippen molar-refractivity contribution in [1.82, 2.24) is 4.90 Å². The number of nitrogens with zero attached hydrogens (tertiary/aromatic N) is 2. The van der Waals surface area contributed by atoms with Gasteiger partial charge in [-0.15, -0.1) is 0 Å². The average molecular weight is 282 g/mol. The van der Waals surface area contributed by atoms with Crippen LogP contribution in [0.2, 0.25) is 5.02 Å². The Hall–Kier alpha value is -0.930. The second kappa shape index (κ2) is 6.02. The van der Waals surface area contributed by atoms with Gasteiger partial charge in [0, 0.05) is 32.7 Å². The van der Waals surface area contributed by atoms with Crippen molar-refractivity contribution in [3.8, 4) is 0 Å². The number of rotatable bonds is 3. The molecule has 3 nitrogen and oxygen atoms in total. The van der Waals surface area contributed by atoms with Crippen molar-refractivity contribution in [2.45, 2.75) is 31.8 Å². The number of nitrogens with one attached hydrogen (secondary N) is 1. The average Bonchev–Trinajstić information content (AvgIpc) is 2.33. The highest BCUT2D eigenvalue weighted by molar-refractivity contribution is 6.34. The fraction of sp³-hybridized carbons (Fsp3) is 0.600. The molecule has 4 heteroatoms. The van der Waals surface area contributed by atoms with E-state index in [1.54, 1.807) is 0 Å². The maximum atomic E-state index is 6.30. The first-order chi connectivity index (χ1) is 8.99. The Morgan fingerprint density at radius 2 is 2.11 bits per heavy atom. The quantitative estimate of drug-likeness (QED) is 0.917.